The van der Waals surface area contributed by atoms with Crippen molar-refractivity contribution in [3.05, 3.63) is 90.0 Å². The van der Waals surface area contributed by atoms with Crippen LogP contribution in [-0.2, 0) is 6.54 Å². The number of benzene rings is 2. The highest BCUT2D eigenvalue weighted by Crippen LogP contribution is 2.33. The second-order valence-electron chi connectivity index (χ2n) is 9.74. The molecule has 0 saturated carbocycles. The quantitative estimate of drug-likeness (QED) is 0.374. The molecule has 2 aliphatic heterocycles. The minimum Gasteiger partial charge on any atom is -0.375 e. The number of para-hydroxylation sites is 1. The van der Waals surface area contributed by atoms with E-state index in [2.05, 4.69) is 47.0 Å². The van der Waals surface area contributed by atoms with Crippen molar-refractivity contribution in [2.45, 2.75) is 46.1 Å². The van der Waals surface area contributed by atoms with E-state index in [1.807, 2.05) is 30.3 Å². The van der Waals surface area contributed by atoms with Crippen LogP contribution in [0.25, 0.3) is 0 Å². The molecule has 0 unspecified atom stereocenters. The lowest BCUT2D eigenvalue weighted by molar-refractivity contribution is 0.224. The van der Waals surface area contributed by atoms with Gasteiger partial charge < -0.3 is 9.80 Å². The van der Waals surface area contributed by atoms with Gasteiger partial charge >= 0.3 is 0 Å². The minimum absolute atomic E-state index is 0.0642. The van der Waals surface area contributed by atoms with Crippen LogP contribution in [0.5, 0.6) is 0 Å². The molecule has 7 heteroatoms. The molecular formula is C29H33F3N4. The summed E-state index contributed by atoms with van der Waals surface area (Å²) in [6, 6.07) is 14.7. The number of likely N-dealkylation sites (tertiary alicyclic amines) is 1. The Bertz CT molecular complexity index is 1160. The molecule has 1 saturated heterocycles. The van der Waals surface area contributed by atoms with Crippen LogP contribution in [0.3, 0.4) is 0 Å². The van der Waals surface area contributed by atoms with Crippen molar-refractivity contribution in [2.75, 3.05) is 18.0 Å². The van der Waals surface area contributed by atoms with Gasteiger partial charge in [-0.3, -0.25) is 0 Å². The Morgan fingerprint density at radius 2 is 1.75 bits per heavy atom. The first kappa shape index (κ1) is 25.7. The van der Waals surface area contributed by atoms with Gasteiger partial charge in [-0.05, 0) is 37.0 Å². The molecule has 2 aromatic carbocycles. The molecule has 0 spiro atoms. The second kappa shape index (κ2) is 11.1. The SMILES string of the molecule is C=C(C(C)C)N1CCC(C(=C)N(Cc2ccc(C3=NN=C(C(F)F)C3)cc2F)c2ccccc2)CC1. The average Bonchev–Trinajstić information content (AvgIpc) is 3.39. The lowest BCUT2D eigenvalue weighted by atomic mass is 9.91. The summed E-state index contributed by atoms with van der Waals surface area (Å²) in [6.07, 6.45) is -0.801. The Morgan fingerprint density at radius 3 is 2.33 bits per heavy atom. The van der Waals surface area contributed by atoms with Gasteiger partial charge in [-0.2, -0.15) is 10.2 Å². The van der Waals surface area contributed by atoms with E-state index in [1.54, 1.807) is 12.1 Å². The standard InChI is InChI=1S/C29H33F3N4/c1-19(2)20(3)35-14-12-22(13-15-35)21(4)36(25-8-6-5-7-9-25)18-24-11-10-23(16-26(24)30)27-17-28(29(31)32)34-33-27/h5-11,16,19,22,29H,3-4,12-15,17-18H2,1-2H3. The van der Waals surface area contributed by atoms with Gasteiger partial charge in [0.2, 0.25) is 0 Å². The third kappa shape index (κ3) is 5.72. The number of hydrogen-bond acceptors (Lipinski definition) is 4. The number of hydrogen-bond donors (Lipinski definition) is 0. The van der Waals surface area contributed by atoms with Gasteiger partial charge in [0.1, 0.15) is 11.5 Å². The lowest BCUT2D eigenvalue weighted by Gasteiger charge is -2.39. The zero-order valence-electron chi connectivity index (χ0n) is 20.9. The molecule has 190 valence electrons. The molecule has 0 aromatic heterocycles. The molecule has 4 nitrogen and oxygen atoms in total. The molecule has 2 aromatic rings. The minimum atomic E-state index is -2.66. The van der Waals surface area contributed by atoms with Crippen LogP contribution in [0.2, 0.25) is 0 Å². The Morgan fingerprint density at radius 1 is 1.06 bits per heavy atom. The molecule has 0 aliphatic carbocycles. The van der Waals surface area contributed by atoms with E-state index < -0.39 is 12.2 Å². The normalized spacial score (nSPS) is 16.4. The van der Waals surface area contributed by atoms with Crippen LogP contribution in [0.1, 0.15) is 44.2 Å². The van der Waals surface area contributed by atoms with Crippen LogP contribution in [-0.4, -0.2) is 35.8 Å². The van der Waals surface area contributed by atoms with Crippen LogP contribution in [0.4, 0.5) is 18.9 Å². The second-order valence-corrected chi connectivity index (χ2v) is 9.74. The molecule has 2 aliphatic rings. The summed E-state index contributed by atoms with van der Waals surface area (Å²) >= 11 is 0. The van der Waals surface area contributed by atoms with E-state index >= 15 is 4.39 Å². The van der Waals surface area contributed by atoms with Crippen LogP contribution >= 0.6 is 0 Å². The van der Waals surface area contributed by atoms with Crippen LogP contribution < -0.4 is 4.90 Å². The summed E-state index contributed by atoms with van der Waals surface area (Å²) in [7, 11) is 0. The Kier molecular flexibility index (Phi) is 7.97. The summed E-state index contributed by atoms with van der Waals surface area (Å²) in [6.45, 7) is 15.2. The monoisotopic (exact) mass is 494 g/mol. The molecule has 0 radical (unpaired) electrons. The van der Waals surface area contributed by atoms with Crippen molar-refractivity contribution >= 4 is 17.1 Å². The zero-order valence-corrected chi connectivity index (χ0v) is 20.9. The summed E-state index contributed by atoms with van der Waals surface area (Å²) in [5.41, 5.74) is 4.13. The first-order chi connectivity index (χ1) is 17.2. The summed E-state index contributed by atoms with van der Waals surface area (Å²) < 4.78 is 41.1. The maximum Gasteiger partial charge on any atom is 0.278 e. The fraction of sp³-hybridized carbons (Fsp3) is 0.379. The van der Waals surface area contributed by atoms with E-state index in [4.69, 9.17) is 0 Å². The average molecular weight is 495 g/mol. The predicted octanol–water partition coefficient (Wildman–Crippen LogP) is 7.04. The van der Waals surface area contributed by atoms with Gasteiger partial charge in [-0.25, -0.2) is 13.2 Å². The van der Waals surface area contributed by atoms with Gasteiger partial charge in [-0.15, -0.1) is 0 Å². The molecule has 0 atom stereocenters. The Balaban J connectivity index is 1.50. The van der Waals surface area contributed by atoms with E-state index in [0.717, 1.165) is 37.3 Å². The summed E-state index contributed by atoms with van der Waals surface area (Å²) in [5, 5.41) is 7.37. The molecule has 2 heterocycles. The highest BCUT2D eigenvalue weighted by Gasteiger charge is 2.27. The predicted molar refractivity (Wildman–Crippen MR) is 141 cm³/mol. The van der Waals surface area contributed by atoms with Crippen molar-refractivity contribution < 1.29 is 13.2 Å². The molecule has 36 heavy (non-hydrogen) atoms. The third-order valence-corrected chi connectivity index (χ3v) is 7.07. The topological polar surface area (TPSA) is 31.2 Å². The zero-order chi connectivity index (χ0) is 25.8. The van der Waals surface area contributed by atoms with Gasteiger partial charge in [0.05, 0.1) is 12.3 Å². The molecule has 0 bridgehead atoms. The maximum absolute atomic E-state index is 15.2. The van der Waals surface area contributed by atoms with Gasteiger partial charge in [-0.1, -0.05) is 57.3 Å². The smallest absolute Gasteiger partial charge is 0.278 e. The maximum atomic E-state index is 15.2. The highest BCUT2D eigenvalue weighted by molar-refractivity contribution is 6.15. The molecular weight excluding hydrogens is 461 g/mol. The number of nitrogens with zero attached hydrogens (tertiary/aromatic N) is 4. The first-order valence-corrected chi connectivity index (χ1v) is 12.4. The van der Waals surface area contributed by atoms with E-state index in [9.17, 15) is 8.78 Å². The van der Waals surface area contributed by atoms with Gasteiger partial charge in [0, 0.05) is 53.6 Å². The van der Waals surface area contributed by atoms with Crippen molar-refractivity contribution in [3.63, 3.8) is 0 Å². The van der Waals surface area contributed by atoms with Crippen molar-refractivity contribution in [1.82, 2.24) is 4.90 Å². The molecule has 0 N–H and O–H groups in total. The number of halogens is 3. The summed E-state index contributed by atoms with van der Waals surface area (Å²) in [4.78, 5) is 4.44. The van der Waals surface area contributed by atoms with Crippen molar-refractivity contribution in [1.29, 1.82) is 0 Å². The van der Waals surface area contributed by atoms with Gasteiger partial charge in [0.25, 0.3) is 6.43 Å². The third-order valence-electron chi connectivity index (χ3n) is 7.07. The van der Waals surface area contributed by atoms with E-state index in [1.165, 1.54) is 11.8 Å². The lowest BCUT2D eigenvalue weighted by Crippen LogP contribution is -2.37. The first-order valence-electron chi connectivity index (χ1n) is 12.4. The van der Waals surface area contributed by atoms with E-state index in [-0.39, 0.29) is 18.1 Å². The Labute approximate surface area is 211 Å². The van der Waals surface area contributed by atoms with Crippen molar-refractivity contribution in [3.8, 4) is 0 Å². The number of anilines is 1. The molecule has 1 fully saturated rings. The van der Waals surface area contributed by atoms with Crippen molar-refractivity contribution in [2.24, 2.45) is 22.0 Å². The van der Waals surface area contributed by atoms with Crippen LogP contribution in [0.15, 0.2) is 83.3 Å². The number of rotatable bonds is 9. The number of piperidine rings is 1. The van der Waals surface area contributed by atoms with Crippen LogP contribution in [0, 0.1) is 17.7 Å². The number of allylic oxidation sites excluding steroid dienone is 2. The Hall–Kier alpha value is -3.35. The fourth-order valence-electron chi connectivity index (χ4n) is 4.72. The van der Waals surface area contributed by atoms with Gasteiger partial charge in [0.15, 0.2) is 0 Å². The molecule has 0 amide bonds. The summed E-state index contributed by atoms with van der Waals surface area (Å²) in [5.74, 6) is 0.291. The van der Waals surface area contributed by atoms with E-state index in [0.29, 0.717) is 29.3 Å². The molecule has 4 rings (SSSR count). The highest BCUT2D eigenvalue weighted by atomic mass is 19.3. The largest absolute Gasteiger partial charge is 0.375 e. The number of alkyl halides is 2. The fourth-order valence-corrected chi connectivity index (χ4v) is 4.72.